The summed E-state index contributed by atoms with van der Waals surface area (Å²) in [4.78, 5) is 15.9. The van der Waals surface area contributed by atoms with E-state index in [1.807, 2.05) is 0 Å². The van der Waals surface area contributed by atoms with Gasteiger partial charge in [-0.25, -0.2) is 4.98 Å². The van der Waals surface area contributed by atoms with Crippen LogP contribution in [0, 0.1) is 5.95 Å². The molecule has 0 spiro atoms. The number of hydrogen-bond donors (Lipinski definition) is 1. The Morgan fingerprint density at radius 3 is 2.71 bits per heavy atom. The van der Waals surface area contributed by atoms with Gasteiger partial charge in [-0.05, 0) is 29.8 Å². The highest BCUT2D eigenvalue weighted by Gasteiger charge is 2.08. The van der Waals surface area contributed by atoms with Crippen LogP contribution in [-0.4, -0.2) is 21.4 Å². The van der Waals surface area contributed by atoms with Crippen LogP contribution >= 0.6 is 11.6 Å². The number of benzene rings is 1. The Kier molecular flexibility index (Phi) is 5.03. The molecule has 0 radical (unpaired) electrons. The molecule has 1 amide bonds. The average molecular weight is 327 g/mol. The van der Waals surface area contributed by atoms with E-state index in [0.717, 1.165) is 12.3 Å². The Morgan fingerprint density at radius 1 is 1.38 bits per heavy atom. The van der Waals surface area contributed by atoms with Crippen LogP contribution in [0.5, 0.6) is 0 Å². The topological polar surface area (TPSA) is 59.1 Å². The summed E-state index contributed by atoms with van der Waals surface area (Å²) in [5.74, 6) is -1.01. The van der Waals surface area contributed by atoms with Crippen molar-refractivity contribution in [3.05, 3.63) is 58.6 Å². The van der Waals surface area contributed by atoms with Crippen molar-refractivity contribution in [2.24, 2.45) is 0 Å². The lowest BCUT2D eigenvalue weighted by molar-refractivity contribution is 0.0950. The number of nitrogens with one attached hydrogen (secondary N) is 1. The predicted molar refractivity (Wildman–Crippen MR) is 79.1 cm³/mol. The maximum Gasteiger partial charge on any atom is 0.253 e. The quantitative estimate of drug-likeness (QED) is 0.878. The second-order valence-electron chi connectivity index (χ2n) is 4.26. The molecule has 0 aliphatic carbocycles. The number of halogens is 2. The van der Waals surface area contributed by atoms with Crippen molar-refractivity contribution in [1.29, 1.82) is 0 Å². The molecular weight excluding hydrogens is 315 g/mol. The molecule has 0 saturated heterocycles. The van der Waals surface area contributed by atoms with Gasteiger partial charge in [0.05, 0.1) is 5.56 Å². The Balaban J connectivity index is 2.04. The van der Waals surface area contributed by atoms with Crippen LogP contribution in [0.15, 0.2) is 41.4 Å². The number of carbonyl (C=O) groups excluding carboxylic acids is 1. The molecule has 21 heavy (non-hydrogen) atoms. The Morgan fingerprint density at radius 2 is 2.14 bits per heavy atom. The molecule has 7 heteroatoms. The smallest absolute Gasteiger partial charge is 0.253 e. The van der Waals surface area contributed by atoms with E-state index in [0.29, 0.717) is 15.5 Å². The van der Waals surface area contributed by atoms with Gasteiger partial charge in [-0.3, -0.25) is 9.00 Å². The third-order valence-electron chi connectivity index (χ3n) is 2.79. The SMILES string of the molecule is CS(=O)c1ccc(CNC(=O)c2ccc(F)nc2)c(Cl)c1. The van der Waals surface area contributed by atoms with E-state index in [4.69, 9.17) is 11.6 Å². The summed E-state index contributed by atoms with van der Waals surface area (Å²) in [6.07, 6.45) is 2.73. The van der Waals surface area contributed by atoms with E-state index >= 15 is 0 Å². The summed E-state index contributed by atoms with van der Waals surface area (Å²) in [6, 6.07) is 7.49. The monoisotopic (exact) mass is 326 g/mol. The highest BCUT2D eigenvalue weighted by molar-refractivity contribution is 7.84. The van der Waals surface area contributed by atoms with Gasteiger partial charge < -0.3 is 5.32 Å². The van der Waals surface area contributed by atoms with Gasteiger partial charge in [0.25, 0.3) is 5.91 Å². The zero-order valence-corrected chi connectivity index (χ0v) is 12.7. The molecule has 0 aliphatic heterocycles. The first kappa shape index (κ1) is 15.6. The maximum atomic E-state index is 12.7. The van der Waals surface area contributed by atoms with Gasteiger partial charge in [0.2, 0.25) is 5.95 Å². The summed E-state index contributed by atoms with van der Waals surface area (Å²) in [5.41, 5.74) is 0.966. The molecular formula is C14H12ClFN2O2S. The van der Waals surface area contributed by atoms with E-state index < -0.39 is 16.7 Å². The fourth-order valence-electron chi connectivity index (χ4n) is 1.64. The van der Waals surface area contributed by atoms with Gasteiger partial charge >= 0.3 is 0 Å². The van der Waals surface area contributed by atoms with Crippen LogP contribution < -0.4 is 5.32 Å². The fourth-order valence-corrected chi connectivity index (χ4v) is 2.49. The highest BCUT2D eigenvalue weighted by atomic mass is 35.5. The summed E-state index contributed by atoms with van der Waals surface area (Å²) >= 11 is 6.08. The molecule has 1 unspecified atom stereocenters. The molecule has 0 bridgehead atoms. The molecule has 2 rings (SSSR count). The third kappa shape index (κ3) is 4.09. The molecule has 1 N–H and O–H groups in total. The second-order valence-corrected chi connectivity index (χ2v) is 6.05. The van der Waals surface area contributed by atoms with Gasteiger partial charge in [0.1, 0.15) is 0 Å². The Hall–Kier alpha value is -1.79. The summed E-state index contributed by atoms with van der Waals surface area (Å²) in [6.45, 7) is 0.214. The van der Waals surface area contributed by atoms with Gasteiger partial charge in [0, 0.05) is 39.7 Å². The highest BCUT2D eigenvalue weighted by Crippen LogP contribution is 2.19. The molecule has 0 fully saturated rings. The van der Waals surface area contributed by atoms with Crippen molar-refractivity contribution in [3.63, 3.8) is 0 Å². The van der Waals surface area contributed by atoms with Gasteiger partial charge in [-0.15, -0.1) is 0 Å². The summed E-state index contributed by atoms with van der Waals surface area (Å²) < 4.78 is 24.0. The lowest BCUT2D eigenvalue weighted by atomic mass is 10.2. The van der Waals surface area contributed by atoms with Crippen LogP contribution in [0.4, 0.5) is 4.39 Å². The predicted octanol–water partition coefficient (Wildman–Crippen LogP) is 2.54. The first-order valence-corrected chi connectivity index (χ1v) is 7.92. The minimum atomic E-state index is -1.11. The zero-order chi connectivity index (χ0) is 15.4. The van der Waals surface area contributed by atoms with Crippen molar-refractivity contribution in [2.45, 2.75) is 11.4 Å². The van der Waals surface area contributed by atoms with Crippen LogP contribution in [-0.2, 0) is 17.3 Å². The summed E-state index contributed by atoms with van der Waals surface area (Å²) in [7, 11) is -1.11. The zero-order valence-electron chi connectivity index (χ0n) is 11.1. The lowest BCUT2D eigenvalue weighted by Crippen LogP contribution is -2.23. The van der Waals surface area contributed by atoms with Crippen molar-refractivity contribution in [1.82, 2.24) is 10.3 Å². The number of hydrogen-bond acceptors (Lipinski definition) is 3. The molecule has 0 saturated carbocycles. The number of nitrogens with zero attached hydrogens (tertiary/aromatic N) is 1. The molecule has 2 aromatic rings. The lowest BCUT2D eigenvalue weighted by Gasteiger charge is -2.08. The minimum Gasteiger partial charge on any atom is -0.348 e. The fraction of sp³-hybridized carbons (Fsp3) is 0.143. The van der Waals surface area contributed by atoms with Gasteiger partial charge in [0.15, 0.2) is 0 Å². The minimum absolute atomic E-state index is 0.214. The number of aromatic nitrogens is 1. The van der Waals surface area contributed by atoms with Crippen molar-refractivity contribution >= 4 is 28.3 Å². The molecule has 1 atom stereocenters. The molecule has 0 aliphatic rings. The second kappa shape index (κ2) is 6.78. The normalized spacial score (nSPS) is 12.0. The number of amides is 1. The van der Waals surface area contributed by atoms with E-state index in [2.05, 4.69) is 10.3 Å². The summed E-state index contributed by atoms with van der Waals surface area (Å²) in [5, 5.41) is 3.09. The van der Waals surface area contributed by atoms with E-state index in [1.54, 1.807) is 24.5 Å². The largest absolute Gasteiger partial charge is 0.348 e. The van der Waals surface area contributed by atoms with Crippen molar-refractivity contribution < 1.29 is 13.4 Å². The third-order valence-corrected chi connectivity index (χ3v) is 4.06. The van der Waals surface area contributed by atoms with Crippen molar-refractivity contribution in [3.8, 4) is 0 Å². The number of carbonyl (C=O) groups is 1. The van der Waals surface area contributed by atoms with E-state index in [1.165, 1.54) is 6.07 Å². The van der Waals surface area contributed by atoms with Crippen LogP contribution in [0.25, 0.3) is 0 Å². The van der Waals surface area contributed by atoms with Crippen LogP contribution in [0.3, 0.4) is 0 Å². The first-order valence-electron chi connectivity index (χ1n) is 5.99. The van der Waals surface area contributed by atoms with Gasteiger partial charge in [-0.2, -0.15) is 4.39 Å². The van der Waals surface area contributed by atoms with E-state index in [-0.39, 0.29) is 18.0 Å². The van der Waals surface area contributed by atoms with Gasteiger partial charge in [-0.1, -0.05) is 17.7 Å². The van der Waals surface area contributed by atoms with Crippen LogP contribution in [0.2, 0.25) is 5.02 Å². The molecule has 4 nitrogen and oxygen atoms in total. The van der Waals surface area contributed by atoms with Crippen LogP contribution in [0.1, 0.15) is 15.9 Å². The molecule has 1 aromatic carbocycles. The maximum absolute atomic E-state index is 12.7. The van der Waals surface area contributed by atoms with E-state index in [9.17, 15) is 13.4 Å². The number of rotatable bonds is 4. The molecule has 1 aromatic heterocycles. The Labute approximate surface area is 128 Å². The average Bonchev–Trinajstić information content (AvgIpc) is 2.46. The molecule has 110 valence electrons. The number of pyridine rings is 1. The first-order chi connectivity index (χ1) is 9.97. The molecule has 1 heterocycles. The Bertz CT molecular complexity index is 692. The standard InChI is InChI=1S/C14H12ClFN2O2S/c1-21(20)11-4-2-9(12(15)6-11)7-18-14(19)10-3-5-13(16)17-8-10/h2-6,8H,7H2,1H3,(H,18,19). The van der Waals surface area contributed by atoms with Crippen molar-refractivity contribution in [2.75, 3.05) is 6.26 Å².